The van der Waals surface area contributed by atoms with E-state index in [1.54, 1.807) is 17.5 Å². The minimum Gasteiger partial charge on any atom is -0.354 e. The second-order valence-corrected chi connectivity index (χ2v) is 11.2. The molecule has 8 heteroatoms. The third-order valence-electron chi connectivity index (χ3n) is 6.90. The quantitative estimate of drug-likeness (QED) is 0.468. The Balaban J connectivity index is 1.33. The Morgan fingerprint density at radius 3 is 2.85 bits per heavy atom. The lowest BCUT2D eigenvalue weighted by Gasteiger charge is -2.38. The number of carbonyl (C=O) groups is 1. The number of anilines is 1. The van der Waals surface area contributed by atoms with Crippen LogP contribution in [0.2, 0.25) is 5.02 Å². The van der Waals surface area contributed by atoms with E-state index in [2.05, 4.69) is 34.5 Å². The molecule has 33 heavy (non-hydrogen) atoms. The van der Waals surface area contributed by atoms with E-state index in [0.29, 0.717) is 33.7 Å². The Kier molecular flexibility index (Phi) is 6.29. The summed E-state index contributed by atoms with van der Waals surface area (Å²) in [7, 11) is 2.19. The summed E-state index contributed by atoms with van der Waals surface area (Å²) in [6.45, 7) is 5.53. The van der Waals surface area contributed by atoms with Crippen LogP contribution in [0.3, 0.4) is 0 Å². The number of halogens is 1. The lowest BCUT2D eigenvalue weighted by atomic mass is 9.78. The van der Waals surface area contributed by atoms with E-state index in [0.717, 1.165) is 53.9 Å². The standard InChI is InChI=1S/C25H30ClN5OS/c1-25(9-12-31(2)13-10-25)8-11-27-24-28-15-19(26)22(30-24)21-14-18-17(4-3-5-20(18)33-21)23(32)29-16-6-7-16/h3-5,14-16H,6-13H2,1-2H3,(H,29,32)(H,27,28,30). The molecule has 6 nitrogen and oxygen atoms in total. The van der Waals surface area contributed by atoms with Crippen molar-refractivity contribution in [2.75, 3.05) is 32.0 Å². The summed E-state index contributed by atoms with van der Waals surface area (Å²) in [5.74, 6) is 0.584. The third-order valence-corrected chi connectivity index (χ3v) is 8.29. The van der Waals surface area contributed by atoms with E-state index in [-0.39, 0.29) is 5.91 Å². The molecule has 1 saturated heterocycles. The molecule has 0 radical (unpaired) electrons. The van der Waals surface area contributed by atoms with Crippen molar-refractivity contribution >= 4 is 44.9 Å². The molecule has 3 heterocycles. The zero-order valence-corrected chi connectivity index (χ0v) is 20.7. The van der Waals surface area contributed by atoms with Crippen molar-refractivity contribution in [3.8, 4) is 10.6 Å². The van der Waals surface area contributed by atoms with Gasteiger partial charge in [0, 0.05) is 28.2 Å². The number of benzene rings is 1. The van der Waals surface area contributed by atoms with Crippen LogP contribution in [0.1, 0.15) is 49.4 Å². The summed E-state index contributed by atoms with van der Waals surface area (Å²) in [4.78, 5) is 25.2. The summed E-state index contributed by atoms with van der Waals surface area (Å²) in [5, 5.41) is 7.94. The highest BCUT2D eigenvalue weighted by Crippen LogP contribution is 2.38. The van der Waals surface area contributed by atoms with Gasteiger partial charge in [0.2, 0.25) is 5.95 Å². The van der Waals surface area contributed by atoms with E-state index in [1.807, 2.05) is 24.3 Å². The zero-order valence-electron chi connectivity index (χ0n) is 19.2. The molecule has 0 spiro atoms. The molecule has 3 aromatic rings. The van der Waals surface area contributed by atoms with E-state index >= 15 is 0 Å². The van der Waals surface area contributed by atoms with Gasteiger partial charge in [-0.15, -0.1) is 11.3 Å². The van der Waals surface area contributed by atoms with Gasteiger partial charge in [-0.3, -0.25) is 4.79 Å². The fraction of sp³-hybridized carbons (Fsp3) is 0.480. The number of fused-ring (bicyclic) bond motifs is 1. The van der Waals surface area contributed by atoms with Gasteiger partial charge in [-0.25, -0.2) is 9.97 Å². The second kappa shape index (κ2) is 9.20. The van der Waals surface area contributed by atoms with Gasteiger partial charge in [0.15, 0.2) is 0 Å². The Hall–Kier alpha value is -2.22. The van der Waals surface area contributed by atoms with Crippen molar-refractivity contribution in [1.82, 2.24) is 20.2 Å². The molecule has 1 amide bonds. The second-order valence-electron chi connectivity index (χ2n) is 9.76. The predicted molar refractivity (Wildman–Crippen MR) is 136 cm³/mol. The summed E-state index contributed by atoms with van der Waals surface area (Å²) in [6, 6.07) is 8.21. The number of thiophene rings is 1. The van der Waals surface area contributed by atoms with Gasteiger partial charge >= 0.3 is 0 Å². The molecule has 2 aromatic heterocycles. The Morgan fingerprint density at radius 1 is 1.30 bits per heavy atom. The van der Waals surface area contributed by atoms with E-state index in [1.165, 1.54) is 12.8 Å². The predicted octanol–water partition coefficient (Wildman–Crippen LogP) is 5.44. The summed E-state index contributed by atoms with van der Waals surface area (Å²) in [5.41, 5.74) is 1.77. The Labute approximate surface area is 203 Å². The maximum Gasteiger partial charge on any atom is 0.252 e. The minimum absolute atomic E-state index is 0.00834. The van der Waals surface area contributed by atoms with Crippen molar-refractivity contribution in [2.45, 2.75) is 45.1 Å². The minimum atomic E-state index is -0.00834. The molecule has 174 valence electrons. The van der Waals surface area contributed by atoms with Crippen LogP contribution in [0.25, 0.3) is 20.7 Å². The first-order valence-electron chi connectivity index (χ1n) is 11.7. The molecular weight excluding hydrogens is 454 g/mol. The van der Waals surface area contributed by atoms with Crippen molar-refractivity contribution in [3.63, 3.8) is 0 Å². The lowest BCUT2D eigenvalue weighted by molar-refractivity contribution is 0.0952. The Morgan fingerprint density at radius 2 is 2.09 bits per heavy atom. The molecule has 1 aromatic carbocycles. The van der Waals surface area contributed by atoms with Crippen molar-refractivity contribution in [2.24, 2.45) is 5.41 Å². The van der Waals surface area contributed by atoms with Crippen LogP contribution in [0.4, 0.5) is 5.95 Å². The van der Waals surface area contributed by atoms with Gasteiger partial charge in [0.25, 0.3) is 5.91 Å². The first kappa shape index (κ1) is 22.6. The lowest BCUT2D eigenvalue weighted by Crippen LogP contribution is -2.37. The van der Waals surface area contributed by atoms with E-state index in [9.17, 15) is 4.79 Å². The van der Waals surface area contributed by atoms with Crippen LogP contribution in [0.15, 0.2) is 30.5 Å². The summed E-state index contributed by atoms with van der Waals surface area (Å²) in [6.07, 6.45) is 7.32. The first-order valence-corrected chi connectivity index (χ1v) is 12.9. The molecule has 2 aliphatic rings. The number of amides is 1. The number of likely N-dealkylation sites (tertiary alicyclic amines) is 1. The van der Waals surface area contributed by atoms with Gasteiger partial charge in [-0.05, 0) is 75.9 Å². The maximum atomic E-state index is 12.7. The van der Waals surface area contributed by atoms with Gasteiger partial charge in [0.05, 0.1) is 16.1 Å². The molecule has 1 saturated carbocycles. The SMILES string of the molecule is CN1CCC(C)(CCNc2ncc(Cl)c(-c3cc4c(C(=O)NC5CC5)cccc4s3)n2)CC1. The normalized spacial score (nSPS) is 18.4. The average Bonchev–Trinajstić information content (AvgIpc) is 3.51. The molecule has 0 bridgehead atoms. The molecule has 1 aliphatic heterocycles. The number of hydrogen-bond donors (Lipinski definition) is 2. The van der Waals surface area contributed by atoms with Crippen LogP contribution in [0.5, 0.6) is 0 Å². The fourth-order valence-electron chi connectivity index (χ4n) is 4.38. The highest BCUT2D eigenvalue weighted by atomic mass is 35.5. The van der Waals surface area contributed by atoms with E-state index in [4.69, 9.17) is 16.6 Å². The van der Waals surface area contributed by atoms with Crippen molar-refractivity contribution < 1.29 is 4.79 Å². The number of carbonyl (C=O) groups excluding carboxylic acids is 1. The number of nitrogens with one attached hydrogen (secondary N) is 2. The number of piperidine rings is 1. The highest BCUT2D eigenvalue weighted by molar-refractivity contribution is 7.22. The van der Waals surface area contributed by atoms with Crippen molar-refractivity contribution in [1.29, 1.82) is 0 Å². The summed E-state index contributed by atoms with van der Waals surface area (Å²) < 4.78 is 1.05. The largest absolute Gasteiger partial charge is 0.354 e. The average molecular weight is 484 g/mol. The highest BCUT2D eigenvalue weighted by Gasteiger charge is 2.28. The summed E-state index contributed by atoms with van der Waals surface area (Å²) >= 11 is 8.10. The molecule has 1 aliphatic carbocycles. The fourth-order valence-corrected chi connectivity index (χ4v) is 5.72. The molecule has 5 rings (SSSR count). The van der Waals surface area contributed by atoms with Crippen molar-refractivity contribution in [3.05, 3.63) is 41.0 Å². The number of rotatable bonds is 7. The zero-order chi connectivity index (χ0) is 23.0. The number of hydrogen-bond acceptors (Lipinski definition) is 6. The monoisotopic (exact) mass is 483 g/mol. The molecule has 0 unspecified atom stereocenters. The molecule has 0 atom stereocenters. The van der Waals surface area contributed by atoms with Crippen LogP contribution < -0.4 is 10.6 Å². The van der Waals surface area contributed by atoms with Crippen LogP contribution in [0, 0.1) is 5.41 Å². The van der Waals surface area contributed by atoms with Crippen LogP contribution in [-0.2, 0) is 0 Å². The first-order chi connectivity index (χ1) is 15.9. The van der Waals surface area contributed by atoms with Gasteiger partial charge in [-0.1, -0.05) is 24.6 Å². The number of aromatic nitrogens is 2. The van der Waals surface area contributed by atoms with Crippen LogP contribution >= 0.6 is 22.9 Å². The van der Waals surface area contributed by atoms with Gasteiger partial charge in [-0.2, -0.15) is 0 Å². The molecular formula is C25H30ClN5OS. The van der Waals surface area contributed by atoms with E-state index < -0.39 is 0 Å². The number of nitrogens with zero attached hydrogens (tertiary/aromatic N) is 3. The van der Waals surface area contributed by atoms with Gasteiger partial charge < -0.3 is 15.5 Å². The third kappa shape index (κ3) is 5.15. The Bertz CT molecular complexity index is 1170. The maximum absolute atomic E-state index is 12.7. The topological polar surface area (TPSA) is 70.2 Å². The van der Waals surface area contributed by atoms with Crippen LogP contribution in [-0.4, -0.2) is 53.5 Å². The molecule has 2 N–H and O–H groups in total. The van der Waals surface area contributed by atoms with Gasteiger partial charge in [0.1, 0.15) is 5.69 Å². The smallest absolute Gasteiger partial charge is 0.252 e. The molecule has 2 fully saturated rings.